The van der Waals surface area contributed by atoms with Crippen LogP contribution in [0.5, 0.6) is 5.75 Å². The highest BCUT2D eigenvalue weighted by Gasteiger charge is 2.04. The summed E-state index contributed by atoms with van der Waals surface area (Å²) in [5, 5.41) is 9.04. The van der Waals surface area contributed by atoms with E-state index in [1.807, 2.05) is 37.3 Å². The number of hydrogen-bond donors (Lipinski definition) is 1. The van der Waals surface area contributed by atoms with Gasteiger partial charge in [0.1, 0.15) is 5.75 Å². The van der Waals surface area contributed by atoms with E-state index in [9.17, 15) is 0 Å². The van der Waals surface area contributed by atoms with Gasteiger partial charge in [0.25, 0.3) is 0 Å². The number of aryl methyl sites for hydroxylation is 1. The summed E-state index contributed by atoms with van der Waals surface area (Å²) >= 11 is 0. The first-order chi connectivity index (χ1) is 8.24. The average Bonchev–Trinajstić information content (AvgIpc) is 2.39. The van der Waals surface area contributed by atoms with Crippen LogP contribution in [0.4, 0.5) is 0 Å². The topological polar surface area (TPSA) is 42.4 Å². The third-order valence-electron chi connectivity index (χ3n) is 2.68. The maximum atomic E-state index is 9.04. The quantitative estimate of drug-likeness (QED) is 0.879. The van der Waals surface area contributed by atoms with Crippen LogP contribution < -0.4 is 4.74 Å². The van der Waals surface area contributed by atoms with Crippen molar-refractivity contribution in [2.24, 2.45) is 0 Å². The molecule has 3 heteroatoms. The molecular weight excluding hydrogens is 214 g/mol. The Labute approximate surface area is 101 Å². The minimum atomic E-state index is 0.0245. The first kappa shape index (κ1) is 11.6. The zero-order chi connectivity index (χ0) is 12.3. The molecule has 1 heterocycles. The maximum Gasteiger partial charge on any atom is 0.118 e. The predicted octanol–water partition coefficient (Wildman–Crippen LogP) is 2.56. The fourth-order valence-electron chi connectivity index (χ4n) is 1.77. The predicted molar refractivity (Wildman–Crippen MR) is 66.9 cm³/mol. The molecular formula is C14H15NO2. The Balaban J connectivity index is 2.38. The second-order valence-corrected chi connectivity index (χ2v) is 3.90. The smallest absolute Gasteiger partial charge is 0.118 e. The summed E-state index contributed by atoms with van der Waals surface area (Å²) in [7, 11) is 1.65. The molecule has 0 fully saturated rings. The molecule has 2 aromatic rings. The number of methoxy groups -OCH3 is 1. The summed E-state index contributed by atoms with van der Waals surface area (Å²) in [6.45, 7) is 2.02. The zero-order valence-corrected chi connectivity index (χ0v) is 9.97. The number of benzene rings is 1. The highest BCUT2D eigenvalue weighted by molar-refractivity contribution is 5.63. The molecule has 1 N–H and O–H groups in total. The van der Waals surface area contributed by atoms with E-state index in [-0.39, 0.29) is 6.61 Å². The molecule has 0 bridgehead atoms. The Bertz CT molecular complexity index is 506. The Hall–Kier alpha value is -1.87. The van der Waals surface area contributed by atoms with Crippen LogP contribution in [0.3, 0.4) is 0 Å². The number of aliphatic hydroxyl groups is 1. The monoisotopic (exact) mass is 229 g/mol. The highest BCUT2D eigenvalue weighted by Crippen LogP contribution is 2.23. The van der Waals surface area contributed by atoms with Gasteiger partial charge in [-0.05, 0) is 42.3 Å². The fraction of sp³-hybridized carbons (Fsp3) is 0.214. The molecule has 3 nitrogen and oxygen atoms in total. The molecule has 88 valence electrons. The molecule has 1 aromatic carbocycles. The number of hydrogen-bond acceptors (Lipinski definition) is 3. The normalized spacial score (nSPS) is 10.3. The number of pyridine rings is 1. The van der Waals surface area contributed by atoms with Crippen molar-refractivity contribution in [3.63, 3.8) is 0 Å². The third kappa shape index (κ3) is 2.45. The van der Waals surface area contributed by atoms with Crippen LogP contribution in [0, 0.1) is 6.92 Å². The Morgan fingerprint density at radius 3 is 2.47 bits per heavy atom. The molecule has 0 amide bonds. The third-order valence-corrected chi connectivity index (χ3v) is 2.68. The summed E-state index contributed by atoms with van der Waals surface area (Å²) in [5.41, 5.74) is 3.87. The summed E-state index contributed by atoms with van der Waals surface area (Å²) in [6, 6.07) is 9.74. The van der Waals surface area contributed by atoms with Crippen molar-refractivity contribution in [2.75, 3.05) is 7.11 Å². The molecule has 0 aliphatic carbocycles. The minimum absolute atomic E-state index is 0.0245. The molecule has 0 spiro atoms. The van der Waals surface area contributed by atoms with Gasteiger partial charge in [0, 0.05) is 11.8 Å². The number of ether oxygens (including phenoxy) is 1. The van der Waals surface area contributed by atoms with Crippen molar-refractivity contribution in [2.45, 2.75) is 13.5 Å². The zero-order valence-electron chi connectivity index (χ0n) is 9.97. The SMILES string of the molecule is COc1ccc(-c2ncc(CO)cc2C)cc1. The average molecular weight is 229 g/mol. The Morgan fingerprint density at radius 2 is 1.94 bits per heavy atom. The van der Waals surface area contributed by atoms with E-state index in [4.69, 9.17) is 9.84 Å². The van der Waals surface area contributed by atoms with Gasteiger partial charge in [0.05, 0.1) is 19.4 Å². The standard InChI is InChI=1S/C14H15NO2/c1-10-7-11(9-16)8-15-14(10)12-3-5-13(17-2)6-4-12/h3-8,16H,9H2,1-2H3. The van der Waals surface area contributed by atoms with Crippen LogP contribution >= 0.6 is 0 Å². The van der Waals surface area contributed by atoms with Gasteiger partial charge in [-0.25, -0.2) is 0 Å². The van der Waals surface area contributed by atoms with Gasteiger partial charge in [-0.2, -0.15) is 0 Å². The van der Waals surface area contributed by atoms with E-state index in [0.717, 1.165) is 28.1 Å². The van der Waals surface area contributed by atoms with Crippen molar-refractivity contribution in [3.8, 4) is 17.0 Å². The Kier molecular flexibility index (Phi) is 3.40. The van der Waals surface area contributed by atoms with E-state index < -0.39 is 0 Å². The summed E-state index contributed by atoms with van der Waals surface area (Å²) in [6.07, 6.45) is 1.70. The van der Waals surface area contributed by atoms with Gasteiger partial charge in [-0.3, -0.25) is 4.98 Å². The van der Waals surface area contributed by atoms with Gasteiger partial charge in [-0.15, -0.1) is 0 Å². The molecule has 0 saturated carbocycles. The molecule has 0 radical (unpaired) electrons. The number of aliphatic hydroxyl groups excluding tert-OH is 1. The van der Waals surface area contributed by atoms with Gasteiger partial charge in [0.15, 0.2) is 0 Å². The first-order valence-electron chi connectivity index (χ1n) is 5.45. The Morgan fingerprint density at radius 1 is 1.24 bits per heavy atom. The van der Waals surface area contributed by atoms with E-state index in [1.54, 1.807) is 13.3 Å². The second kappa shape index (κ2) is 4.97. The molecule has 0 aliphatic heterocycles. The van der Waals surface area contributed by atoms with Crippen LogP contribution in [0.2, 0.25) is 0 Å². The highest BCUT2D eigenvalue weighted by atomic mass is 16.5. The van der Waals surface area contributed by atoms with E-state index in [2.05, 4.69) is 4.98 Å². The minimum Gasteiger partial charge on any atom is -0.497 e. The van der Waals surface area contributed by atoms with E-state index in [0.29, 0.717) is 0 Å². The molecule has 17 heavy (non-hydrogen) atoms. The molecule has 1 aromatic heterocycles. The van der Waals surface area contributed by atoms with Crippen molar-refractivity contribution in [1.29, 1.82) is 0 Å². The summed E-state index contributed by atoms with van der Waals surface area (Å²) in [4.78, 5) is 4.37. The van der Waals surface area contributed by atoms with Crippen LogP contribution in [0.25, 0.3) is 11.3 Å². The van der Waals surface area contributed by atoms with Crippen LogP contribution in [0.1, 0.15) is 11.1 Å². The van der Waals surface area contributed by atoms with E-state index >= 15 is 0 Å². The van der Waals surface area contributed by atoms with Gasteiger partial charge in [0.2, 0.25) is 0 Å². The molecule has 0 saturated heterocycles. The second-order valence-electron chi connectivity index (χ2n) is 3.90. The van der Waals surface area contributed by atoms with Gasteiger partial charge < -0.3 is 9.84 Å². The number of rotatable bonds is 3. The molecule has 0 unspecified atom stereocenters. The lowest BCUT2D eigenvalue weighted by atomic mass is 10.1. The van der Waals surface area contributed by atoms with Crippen molar-refractivity contribution < 1.29 is 9.84 Å². The molecule has 0 atom stereocenters. The number of nitrogens with zero attached hydrogens (tertiary/aromatic N) is 1. The first-order valence-corrected chi connectivity index (χ1v) is 5.45. The largest absolute Gasteiger partial charge is 0.497 e. The van der Waals surface area contributed by atoms with Crippen molar-refractivity contribution in [1.82, 2.24) is 4.98 Å². The van der Waals surface area contributed by atoms with E-state index in [1.165, 1.54) is 0 Å². The van der Waals surface area contributed by atoms with Crippen LogP contribution in [-0.2, 0) is 6.61 Å². The number of aromatic nitrogens is 1. The lowest BCUT2D eigenvalue weighted by Crippen LogP contribution is -1.92. The lowest BCUT2D eigenvalue weighted by Gasteiger charge is -2.07. The van der Waals surface area contributed by atoms with Crippen molar-refractivity contribution in [3.05, 3.63) is 47.7 Å². The van der Waals surface area contributed by atoms with Crippen molar-refractivity contribution >= 4 is 0 Å². The van der Waals surface area contributed by atoms with Crippen LogP contribution in [-0.4, -0.2) is 17.2 Å². The lowest BCUT2D eigenvalue weighted by molar-refractivity contribution is 0.281. The molecule has 2 rings (SSSR count). The van der Waals surface area contributed by atoms with Crippen LogP contribution in [0.15, 0.2) is 36.5 Å². The fourth-order valence-corrected chi connectivity index (χ4v) is 1.77. The molecule has 0 aliphatic rings. The summed E-state index contributed by atoms with van der Waals surface area (Å²) < 4.78 is 5.12. The maximum absolute atomic E-state index is 9.04. The van der Waals surface area contributed by atoms with Gasteiger partial charge in [-0.1, -0.05) is 6.07 Å². The summed E-state index contributed by atoms with van der Waals surface area (Å²) in [5.74, 6) is 0.832. The van der Waals surface area contributed by atoms with Gasteiger partial charge >= 0.3 is 0 Å².